The van der Waals surface area contributed by atoms with Crippen molar-refractivity contribution in [1.29, 1.82) is 0 Å². The number of rotatable bonds is 4. The van der Waals surface area contributed by atoms with Crippen LogP contribution in [0.2, 0.25) is 0 Å². The molecule has 0 aliphatic rings. The first-order valence-corrected chi connectivity index (χ1v) is 4.90. The number of carboxylic acids is 1. The minimum atomic E-state index is -1.12. The van der Waals surface area contributed by atoms with E-state index in [2.05, 4.69) is 10.1 Å². The van der Waals surface area contributed by atoms with Crippen LogP contribution >= 0.6 is 0 Å². The predicted molar refractivity (Wildman–Crippen MR) is 56.8 cm³/mol. The summed E-state index contributed by atoms with van der Waals surface area (Å²) in [6, 6.07) is 4.90. The molecule has 0 spiro atoms. The fraction of sp³-hybridized carbons (Fsp3) is 0.182. The molecule has 2 aromatic rings. The first-order valence-electron chi connectivity index (χ1n) is 4.90. The van der Waals surface area contributed by atoms with Crippen molar-refractivity contribution < 1.29 is 19.2 Å². The average Bonchev–Trinajstić information content (AvgIpc) is 2.80. The van der Waals surface area contributed by atoms with Gasteiger partial charge in [-0.2, -0.15) is 0 Å². The fourth-order valence-electron chi connectivity index (χ4n) is 1.28. The highest BCUT2D eigenvalue weighted by Crippen LogP contribution is 2.18. The van der Waals surface area contributed by atoms with Gasteiger partial charge in [0.1, 0.15) is 6.61 Å². The number of carboxylic acid groups (broad SMARTS) is 1. The molecule has 2 rings (SSSR count). The smallest absolute Gasteiger partial charge is 0.358 e. The van der Waals surface area contributed by atoms with E-state index in [1.165, 1.54) is 6.20 Å². The van der Waals surface area contributed by atoms with E-state index < -0.39 is 5.97 Å². The van der Waals surface area contributed by atoms with Gasteiger partial charge in [0.25, 0.3) is 0 Å². The van der Waals surface area contributed by atoms with E-state index in [9.17, 15) is 4.79 Å². The number of ether oxygens (including phenoxy) is 1. The average molecular weight is 234 g/mol. The fourth-order valence-corrected chi connectivity index (χ4v) is 1.28. The highest BCUT2D eigenvalue weighted by Gasteiger charge is 2.14. The Hall–Kier alpha value is -2.37. The summed E-state index contributed by atoms with van der Waals surface area (Å²) in [4.78, 5) is 14.9. The number of hydrogen-bond donors (Lipinski definition) is 1. The van der Waals surface area contributed by atoms with Gasteiger partial charge in [0.2, 0.25) is 0 Å². The maximum absolute atomic E-state index is 11.0. The summed E-state index contributed by atoms with van der Waals surface area (Å²) < 4.78 is 10.2. The molecule has 88 valence electrons. The summed E-state index contributed by atoms with van der Waals surface area (Å²) in [5.74, 6) is -0.400. The lowest BCUT2D eigenvalue weighted by atomic mass is 10.3. The molecule has 0 bridgehead atoms. The summed E-state index contributed by atoms with van der Waals surface area (Å²) in [7, 11) is 0. The van der Waals surface area contributed by atoms with Crippen molar-refractivity contribution in [1.82, 2.24) is 10.1 Å². The number of hydrogen-bond acceptors (Lipinski definition) is 5. The van der Waals surface area contributed by atoms with E-state index in [4.69, 9.17) is 14.4 Å². The monoisotopic (exact) mass is 234 g/mol. The van der Waals surface area contributed by atoms with Gasteiger partial charge >= 0.3 is 5.97 Å². The summed E-state index contributed by atoms with van der Waals surface area (Å²) in [6.07, 6.45) is 1.49. The Morgan fingerprint density at radius 3 is 2.94 bits per heavy atom. The van der Waals surface area contributed by atoms with E-state index in [0.29, 0.717) is 11.5 Å². The molecular weight excluding hydrogens is 224 g/mol. The van der Waals surface area contributed by atoms with Crippen LogP contribution in [0.5, 0.6) is 5.75 Å². The minimum Gasteiger partial charge on any atom is -0.483 e. The van der Waals surface area contributed by atoms with Crippen molar-refractivity contribution in [2.75, 3.05) is 0 Å². The van der Waals surface area contributed by atoms with E-state index in [-0.39, 0.29) is 18.1 Å². The first-order chi connectivity index (χ1) is 8.16. The lowest BCUT2D eigenvalue weighted by molar-refractivity contribution is 0.0684. The normalized spacial score (nSPS) is 10.2. The Morgan fingerprint density at radius 2 is 2.29 bits per heavy atom. The van der Waals surface area contributed by atoms with Gasteiger partial charge in [0.15, 0.2) is 17.2 Å². The Labute approximate surface area is 96.8 Å². The lowest BCUT2D eigenvalue weighted by Crippen LogP contribution is -2.06. The first kappa shape index (κ1) is 11.1. The Kier molecular flexibility index (Phi) is 3.04. The summed E-state index contributed by atoms with van der Waals surface area (Å²) in [5, 5.41) is 12.5. The molecule has 2 heterocycles. The van der Waals surface area contributed by atoms with Crippen LogP contribution in [0.25, 0.3) is 0 Å². The van der Waals surface area contributed by atoms with Crippen LogP contribution in [0.4, 0.5) is 0 Å². The van der Waals surface area contributed by atoms with Gasteiger partial charge in [-0.05, 0) is 19.1 Å². The molecule has 2 aromatic heterocycles. The lowest BCUT2D eigenvalue weighted by Gasteiger charge is -2.07. The van der Waals surface area contributed by atoms with Crippen LogP contribution in [0.1, 0.15) is 21.9 Å². The predicted octanol–water partition coefficient (Wildman–Crippen LogP) is 1.66. The number of aromatic carboxylic acids is 1. The third kappa shape index (κ3) is 2.60. The minimum absolute atomic E-state index is 0.107. The zero-order chi connectivity index (χ0) is 12.3. The van der Waals surface area contributed by atoms with Gasteiger partial charge < -0.3 is 14.4 Å². The molecule has 1 N–H and O–H groups in total. The Bertz CT molecular complexity index is 522. The van der Waals surface area contributed by atoms with Crippen LogP contribution in [0, 0.1) is 6.92 Å². The van der Waals surface area contributed by atoms with Crippen molar-refractivity contribution in [3.8, 4) is 5.75 Å². The maximum Gasteiger partial charge on any atom is 0.358 e. The van der Waals surface area contributed by atoms with Crippen molar-refractivity contribution in [3.05, 3.63) is 41.5 Å². The Morgan fingerprint density at radius 1 is 1.47 bits per heavy atom. The van der Waals surface area contributed by atoms with E-state index in [1.54, 1.807) is 25.1 Å². The number of aromatic nitrogens is 2. The standard InChI is InChI=1S/C11H10N2O4/c1-7-2-3-9(10(13-7)11(14)15)16-6-8-4-5-12-17-8/h2-5H,6H2,1H3,(H,14,15). The van der Waals surface area contributed by atoms with Crippen molar-refractivity contribution in [2.45, 2.75) is 13.5 Å². The second kappa shape index (κ2) is 4.65. The molecule has 0 saturated carbocycles. The molecule has 0 amide bonds. The molecule has 0 atom stereocenters. The van der Waals surface area contributed by atoms with Gasteiger partial charge in [-0.15, -0.1) is 0 Å². The molecule has 0 saturated heterocycles. The number of aryl methyl sites for hydroxylation is 1. The largest absolute Gasteiger partial charge is 0.483 e. The topological polar surface area (TPSA) is 85.5 Å². The van der Waals surface area contributed by atoms with Crippen molar-refractivity contribution >= 4 is 5.97 Å². The number of carbonyl (C=O) groups is 1. The van der Waals surface area contributed by atoms with Crippen LogP contribution in [-0.4, -0.2) is 21.2 Å². The highest BCUT2D eigenvalue weighted by molar-refractivity contribution is 5.88. The van der Waals surface area contributed by atoms with Crippen molar-refractivity contribution in [2.24, 2.45) is 0 Å². The van der Waals surface area contributed by atoms with Crippen LogP contribution in [0.15, 0.2) is 28.9 Å². The summed E-state index contributed by atoms with van der Waals surface area (Å²) in [5.41, 5.74) is 0.513. The zero-order valence-electron chi connectivity index (χ0n) is 9.08. The summed E-state index contributed by atoms with van der Waals surface area (Å²) in [6.45, 7) is 1.83. The molecule has 0 radical (unpaired) electrons. The molecule has 0 aromatic carbocycles. The number of nitrogens with zero attached hydrogens (tertiary/aromatic N) is 2. The van der Waals surface area contributed by atoms with Crippen LogP contribution in [-0.2, 0) is 6.61 Å². The summed E-state index contributed by atoms with van der Waals surface area (Å²) >= 11 is 0. The van der Waals surface area contributed by atoms with Crippen LogP contribution in [0.3, 0.4) is 0 Å². The molecule has 6 nitrogen and oxygen atoms in total. The number of pyridine rings is 1. The quantitative estimate of drug-likeness (QED) is 0.865. The second-order valence-corrected chi connectivity index (χ2v) is 3.37. The zero-order valence-corrected chi connectivity index (χ0v) is 9.08. The van der Waals surface area contributed by atoms with Gasteiger partial charge in [-0.25, -0.2) is 9.78 Å². The second-order valence-electron chi connectivity index (χ2n) is 3.37. The third-order valence-corrected chi connectivity index (χ3v) is 2.06. The van der Waals surface area contributed by atoms with E-state index in [0.717, 1.165) is 0 Å². The highest BCUT2D eigenvalue weighted by atomic mass is 16.5. The van der Waals surface area contributed by atoms with Gasteiger partial charge in [0.05, 0.1) is 6.20 Å². The van der Waals surface area contributed by atoms with Gasteiger partial charge in [0, 0.05) is 11.8 Å². The van der Waals surface area contributed by atoms with E-state index in [1.807, 2.05) is 0 Å². The van der Waals surface area contributed by atoms with Gasteiger partial charge in [-0.3, -0.25) is 0 Å². The Balaban J connectivity index is 2.17. The van der Waals surface area contributed by atoms with Gasteiger partial charge in [-0.1, -0.05) is 5.16 Å². The van der Waals surface area contributed by atoms with Crippen molar-refractivity contribution in [3.63, 3.8) is 0 Å². The third-order valence-electron chi connectivity index (χ3n) is 2.06. The molecule has 6 heteroatoms. The SMILES string of the molecule is Cc1ccc(OCc2ccno2)c(C(=O)O)n1. The molecule has 0 aliphatic heterocycles. The molecule has 0 fully saturated rings. The molecule has 0 aliphatic carbocycles. The van der Waals surface area contributed by atoms with E-state index >= 15 is 0 Å². The molecule has 17 heavy (non-hydrogen) atoms. The van der Waals surface area contributed by atoms with Crippen LogP contribution < -0.4 is 4.74 Å². The maximum atomic E-state index is 11.0. The molecule has 0 unspecified atom stereocenters. The molecular formula is C11H10N2O4.